The van der Waals surface area contributed by atoms with E-state index in [9.17, 15) is 0 Å². The van der Waals surface area contributed by atoms with Crippen molar-refractivity contribution in [2.45, 2.75) is 0 Å². The summed E-state index contributed by atoms with van der Waals surface area (Å²) < 4.78 is 12.0. The van der Waals surface area contributed by atoms with E-state index in [1.165, 1.54) is 10.6 Å². The summed E-state index contributed by atoms with van der Waals surface area (Å²) in [6.45, 7) is 0. The Morgan fingerprint density at radius 1 is 0.619 bits per heavy atom. The van der Waals surface area contributed by atoms with Crippen LogP contribution in [0.2, 0.25) is 0 Å². The van der Waals surface area contributed by atoms with Gasteiger partial charge >= 0.3 is 0 Å². The Hall–Kier alpha value is -5.12. The molecule has 0 atom stereocenters. The van der Waals surface area contributed by atoms with Gasteiger partial charge in [0.1, 0.15) is 16.8 Å². The molecule has 6 heteroatoms. The zero-order chi connectivity index (χ0) is 28.0. The third-order valence-corrected chi connectivity index (χ3v) is 9.93. The molecule has 0 saturated heterocycles. The van der Waals surface area contributed by atoms with Crippen molar-refractivity contribution in [3.8, 4) is 17.0 Å². The Kier molecular flexibility index (Phi) is 5.90. The molecule has 0 aliphatic rings. The number of pyridine rings is 3. The first-order valence-corrected chi connectivity index (χ1v) is 15.1. The Morgan fingerprint density at radius 3 is 2.00 bits per heavy atom. The predicted molar refractivity (Wildman–Crippen MR) is 173 cm³/mol. The number of methoxy groups -OCH3 is 1. The van der Waals surface area contributed by atoms with Crippen LogP contribution in [0.4, 0.5) is 0 Å². The van der Waals surface area contributed by atoms with E-state index in [-0.39, 0.29) is 0 Å². The van der Waals surface area contributed by atoms with Crippen LogP contribution in [0.1, 0.15) is 0 Å². The molecule has 0 amide bonds. The standard InChI is InChI=1S/C36H24N3O2P/c1-40-29-20-18-27(36-32(29)35-30(41-36)13-8-22-37-35)28-19-16-23-14-15-24-17-21-31(39-34(24)33(23)38-28)42(25-9-4-2-5-10-25)26-11-6-3-7-12-26/h2-22H,1H3. The van der Waals surface area contributed by atoms with Gasteiger partial charge in [-0.15, -0.1) is 0 Å². The Labute approximate surface area is 243 Å². The van der Waals surface area contributed by atoms with Crippen LogP contribution in [0, 0.1) is 0 Å². The van der Waals surface area contributed by atoms with E-state index in [1.807, 2.05) is 30.3 Å². The molecular weight excluding hydrogens is 537 g/mol. The van der Waals surface area contributed by atoms with Crippen molar-refractivity contribution in [2.75, 3.05) is 7.11 Å². The van der Waals surface area contributed by atoms with Crippen molar-refractivity contribution >= 4 is 67.8 Å². The minimum Gasteiger partial charge on any atom is -0.496 e. The van der Waals surface area contributed by atoms with Gasteiger partial charge in [-0.05, 0) is 47.0 Å². The van der Waals surface area contributed by atoms with E-state index in [2.05, 4.69) is 96.0 Å². The van der Waals surface area contributed by atoms with Gasteiger partial charge in [-0.2, -0.15) is 0 Å². The molecule has 0 radical (unpaired) electrons. The van der Waals surface area contributed by atoms with Crippen molar-refractivity contribution in [3.63, 3.8) is 0 Å². The second-order valence-electron chi connectivity index (χ2n) is 10.1. The van der Waals surface area contributed by atoms with Crippen LogP contribution in [0.3, 0.4) is 0 Å². The number of nitrogens with zero attached hydrogens (tertiary/aromatic N) is 3. The molecule has 4 aromatic carbocycles. The topological polar surface area (TPSA) is 61.0 Å². The van der Waals surface area contributed by atoms with Crippen molar-refractivity contribution in [1.29, 1.82) is 0 Å². The van der Waals surface area contributed by atoms with Gasteiger partial charge in [0, 0.05) is 30.5 Å². The fraction of sp³-hybridized carbons (Fsp3) is 0.0278. The van der Waals surface area contributed by atoms with Gasteiger partial charge in [-0.3, -0.25) is 4.98 Å². The van der Waals surface area contributed by atoms with Crippen LogP contribution >= 0.6 is 7.92 Å². The maximum atomic E-state index is 6.33. The van der Waals surface area contributed by atoms with E-state index < -0.39 is 7.92 Å². The van der Waals surface area contributed by atoms with E-state index in [4.69, 9.17) is 19.1 Å². The summed E-state index contributed by atoms with van der Waals surface area (Å²) in [5, 5.41) is 5.47. The molecule has 0 aliphatic carbocycles. The quantitative estimate of drug-likeness (QED) is 0.161. The molecule has 0 N–H and O–H groups in total. The van der Waals surface area contributed by atoms with Crippen molar-refractivity contribution in [1.82, 2.24) is 15.0 Å². The highest BCUT2D eigenvalue weighted by atomic mass is 31.1. The Morgan fingerprint density at radius 2 is 1.29 bits per heavy atom. The number of rotatable bonds is 5. The number of hydrogen-bond donors (Lipinski definition) is 0. The largest absolute Gasteiger partial charge is 0.496 e. The summed E-state index contributed by atoms with van der Waals surface area (Å²) in [5.41, 5.74) is 6.69. The van der Waals surface area contributed by atoms with Crippen molar-refractivity contribution < 1.29 is 9.15 Å². The average Bonchev–Trinajstić information content (AvgIpc) is 3.45. The number of fused-ring (bicyclic) bond motifs is 6. The number of ether oxygens (including phenoxy) is 1. The van der Waals surface area contributed by atoms with Gasteiger partial charge in [-0.1, -0.05) is 84.9 Å². The lowest BCUT2D eigenvalue weighted by Crippen LogP contribution is -2.22. The van der Waals surface area contributed by atoms with Crippen LogP contribution in [-0.2, 0) is 0 Å². The SMILES string of the molecule is COc1ccc(-c2ccc3ccc4ccc(P(c5ccccc5)c5ccccc5)nc4c3n2)c2oc3cccnc3c12. The van der Waals surface area contributed by atoms with Crippen molar-refractivity contribution in [2.24, 2.45) is 0 Å². The van der Waals surface area contributed by atoms with Crippen molar-refractivity contribution in [3.05, 3.63) is 128 Å². The lowest BCUT2D eigenvalue weighted by molar-refractivity contribution is 0.420. The first-order valence-electron chi connectivity index (χ1n) is 13.7. The molecule has 4 heterocycles. The van der Waals surface area contributed by atoms with Gasteiger partial charge in [-0.25, -0.2) is 9.97 Å². The fourth-order valence-electron chi connectivity index (χ4n) is 5.64. The highest BCUT2D eigenvalue weighted by molar-refractivity contribution is 7.79. The molecule has 0 aliphatic heterocycles. The predicted octanol–water partition coefficient (Wildman–Crippen LogP) is 7.51. The van der Waals surface area contributed by atoms with Gasteiger partial charge in [0.25, 0.3) is 0 Å². The van der Waals surface area contributed by atoms with E-state index in [0.717, 1.165) is 55.2 Å². The van der Waals surface area contributed by atoms with Gasteiger partial charge < -0.3 is 9.15 Å². The molecule has 8 aromatic rings. The summed E-state index contributed by atoms with van der Waals surface area (Å²) in [6, 6.07) is 41.8. The lowest BCUT2D eigenvalue weighted by atomic mass is 10.0. The molecule has 0 spiro atoms. The maximum Gasteiger partial charge on any atom is 0.154 e. The summed E-state index contributed by atoms with van der Waals surface area (Å²) >= 11 is 0. The molecule has 200 valence electrons. The second-order valence-corrected chi connectivity index (χ2v) is 12.2. The van der Waals surface area contributed by atoms with E-state index in [0.29, 0.717) is 11.2 Å². The van der Waals surface area contributed by atoms with Crippen LogP contribution in [0.25, 0.3) is 55.1 Å². The Balaban J connectivity index is 1.35. The van der Waals surface area contributed by atoms with Gasteiger partial charge in [0.05, 0.1) is 34.7 Å². The van der Waals surface area contributed by atoms with E-state index >= 15 is 0 Å². The molecule has 8 rings (SSSR count). The first kappa shape index (κ1) is 24.7. The number of benzene rings is 4. The lowest BCUT2D eigenvalue weighted by Gasteiger charge is -2.19. The fourth-order valence-corrected chi connectivity index (χ4v) is 7.83. The smallest absolute Gasteiger partial charge is 0.154 e. The molecule has 0 fully saturated rings. The minimum atomic E-state index is -0.842. The summed E-state index contributed by atoms with van der Waals surface area (Å²) in [7, 11) is 0.824. The average molecular weight is 562 g/mol. The molecule has 0 saturated carbocycles. The highest BCUT2D eigenvalue weighted by Crippen LogP contribution is 2.40. The molecule has 0 unspecified atom stereocenters. The van der Waals surface area contributed by atoms with Crippen LogP contribution in [-0.4, -0.2) is 22.1 Å². The normalized spacial score (nSPS) is 11.7. The minimum absolute atomic E-state index is 0.709. The van der Waals surface area contributed by atoms with E-state index in [1.54, 1.807) is 13.3 Å². The number of hydrogen-bond acceptors (Lipinski definition) is 5. The number of furan rings is 1. The van der Waals surface area contributed by atoms with Crippen LogP contribution in [0.5, 0.6) is 5.75 Å². The number of aromatic nitrogens is 3. The summed E-state index contributed by atoms with van der Waals surface area (Å²) in [5.74, 6) is 0.721. The molecule has 42 heavy (non-hydrogen) atoms. The molecule has 5 nitrogen and oxygen atoms in total. The van der Waals surface area contributed by atoms with Crippen LogP contribution < -0.4 is 20.8 Å². The molecule has 4 aromatic heterocycles. The Bertz CT molecular complexity index is 2210. The molecule has 0 bridgehead atoms. The summed E-state index contributed by atoms with van der Waals surface area (Å²) in [6.07, 6.45) is 1.77. The third kappa shape index (κ3) is 4.01. The maximum absolute atomic E-state index is 6.33. The summed E-state index contributed by atoms with van der Waals surface area (Å²) in [4.78, 5) is 15.1. The van der Waals surface area contributed by atoms with Gasteiger partial charge in [0.2, 0.25) is 0 Å². The third-order valence-electron chi connectivity index (χ3n) is 7.60. The second kappa shape index (κ2) is 10.1. The zero-order valence-corrected chi connectivity index (χ0v) is 23.6. The highest BCUT2D eigenvalue weighted by Gasteiger charge is 2.21. The first-order chi connectivity index (χ1) is 20.8. The van der Waals surface area contributed by atoms with Gasteiger partial charge in [0.15, 0.2) is 5.58 Å². The molecular formula is C36H24N3O2P. The monoisotopic (exact) mass is 561 g/mol. The zero-order valence-electron chi connectivity index (χ0n) is 22.7. The van der Waals surface area contributed by atoms with Crippen LogP contribution in [0.15, 0.2) is 132 Å².